The summed E-state index contributed by atoms with van der Waals surface area (Å²) >= 11 is 34.4. The lowest BCUT2D eigenvalue weighted by Crippen LogP contribution is -2.02. The summed E-state index contributed by atoms with van der Waals surface area (Å²) in [6.07, 6.45) is 0. The molecule has 1 rings (SSSR count). The molecule has 0 aliphatic rings. The van der Waals surface area contributed by atoms with E-state index in [0.717, 1.165) is 0 Å². The summed E-state index contributed by atoms with van der Waals surface area (Å²) in [5.41, 5.74) is 0.895. The second-order valence-corrected chi connectivity index (χ2v) is 6.26. The van der Waals surface area contributed by atoms with Gasteiger partial charge in [0.15, 0.2) is 0 Å². The third-order valence-corrected chi connectivity index (χ3v) is 3.07. The van der Waals surface area contributed by atoms with Gasteiger partial charge in [0.1, 0.15) is 4.84 Å². The maximum absolute atomic E-state index is 5.97. The van der Waals surface area contributed by atoms with E-state index in [4.69, 9.17) is 69.6 Å². The average Bonchev–Trinajstić information content (AvgIpc) is 2.01. The summed E-state index contributed by atoms with van der Waals surface area (Å²) in [6, 6.07) is 4.96. The van der Waals surface area contributed by atoms with E-state index in [1.807, 2.05) is 0 Å². The zero-order chi connectivity index (χ0) is 10.9. The fraction of sp³-hybridized carbons (Fsp3) is 0.250. The van der Waals surface area contributed by atoms with Gasteiger partial charge in [0.2, 0.25) is 3.79 Å². The zero-order valence-corrected chi connectivity index (χ0v) is 11.1. The summed E-state index contributed by atoms with van der Waals surface area (Å²) in [6.45, 7) is 0. The van der Waals surface area contributed by atoms with E-state index in [-0.39, 0.29) is 5.02 Å². The van der Waals surface area contributed by atoms with Crippen LogP contribution in [0.4, 0.5) is 0 Å². The van der Waals surface area contributed by atoms with Crippen LogP contribution in [0.25, 0.3) is 0 Å². The summed E-state index contributed by atoms with van der Waals surface area (Å²) in [5, 5.41) is 0.280. The van der Waals surface area contributed by atoms with Crippen LogP contribution in [-0.4, -0.2) is 0 Å². The Balaban J connectivity index is 3.28. The maximum Gasteiger partial charge on any atom is 0.217 e. The van der Waals surface area contributed by atoms with Gasteiger partial charge in [-0.25, -0.2) is 0 Å². The van der Waals surface area contributed by atoms with Gasteiger partial charge in [-0.2, -0.15) is 0 Å². The van der Waals surface area contributed by atoms with Crippen molar-refractivity contribution in [2.75, 3.05) is 0 Å². The first-order chi connectivity index (χ1) is 6.34. The number of benzene rings is 1. The minimum atomic E-state index is -1.57. The lowest BCUT2D eigenvalue weighted by atomic mass is 10.1. The third kappa shape index (κ3) is 2.98. The number of hydrogen-bond donors (Lipinski definition) is 0. The minimum Gasteiger partial charge on any atom is -0.100 e. The van der Waals surface area contributed by atoms with Gasteiger partial charge in [-0.3, -0.25) is 0 Å². The SMILES string of the molecule is Clc1c(C(Cl)Cl)cccc1C(Cl)(Cl)Cl. The smallest absolute Gasteiger partial charge is 0.100 e. The highest BCUT2D eigenvalue weighted by molar-refractivity contribution is 6.67. The van der Waals surface area contributed by atoms with E-state index in [9.17, 15) is 0 Å². The summed E-state index contributed by atoms with van der Waals surface area (Å²) in [7, 11) is 0. The number of alkyl halides is 5. The van der Waals surface area contributed by atoms with E-state index >= 15 is 0 Å². The van der Waals surface area contributed by atoms with Crippen molar-refractivity contribution in [3.05, 3.63) is 34.3 Å². The van der Waals surface area contributed by atoms with Crippen LogP contribution in [0, 0.1) is 0 Å². The molecule has 0 radical (unpaired) electrons. The van der Waals surface area contributed by atoms with Crippen LogP contribution in [-0.2, 0) is 3.79 Å². The molecule has 0 atom stereocenters. The molecule has 0 nitrogen and oxygen atoms in total. The van der Waals surface area contributed by atoms with Gasteiger partial charge in [0, 0.05) is 11.1 Å². The lowest BCUT2D eigenvalue weighted by Gasteiger charge is -2.15. The Morgan fingerprint density at radius 2 is 1.64 bits per heavy atom. The van der Waals surface area contributed by atoms with E-state index in [1.165, 1.54) is 0 Å². The molecule has 14 heavy (non-hydrogen) atoms. The lowest BCUT2D eigenvalue weighted by molar-refractivity contribution is 1.20. The molecule has 0 bridgehead atoms. The molecule has 0 amide bonds. The van der Waals surface area contributed by atoms with Crippen LogP contribution in [0.1, 0.15) is 16.0 Å². The number of hydrogen-bond acceptors (Lipinski definition) is 0. The molecule has 0 saturated carbocycles. The molecule has 0 heterocycles. The van der Waals surface area contributed by atoms with E-state index in [0.29, 0.717) is 11.1 Å². The Morgan fingerprint density at radius 3 is 2.07 bits per heavy atom. The quantitative estimate of drug-likeness (QED) is 0.588. The molecular weight excluding hydrogens is 309 g/mol. The van der Waals surface area contributed by atoms with Crippen molar-refractivity contribution in [2.45, 2.75) is 8.63 Å². The first kappa shape index (κ1) is 13.0. The number of halogens is 6. The predicted octanol–water partition coefficient (Wildman–Crippen LogP) is 5.64. The topological polar surface area (TPSA) is 0 Å². The van der Waals surface area contributed by atoms with Crippen molar-refractivity contribution in [3.8, 4) is 0 Å². The molecule has 0 saturated heterocycles. The minimum absolute atomic E-state index is 0.280. The molecule has 1 aromatic carbocycles. The van der Waals surface area contributed by atoms with Crippen molar-refractivity contribution in [1.29, 1.82) is 0 Å². The van der Waals surface area contributed by atoms with Gasteiger partial charge in [0.25, 0.3) is 0 Å². The fourth-order valence-corrected chi connectivity index (χ4v) is 2.41. The first-order valence-electron chi connectivity index (χ1n) is 3.48. The van der Waals surface area contributed by atoms with Crippen molar-refractivity contribution in [3.63, 3.8) is 0 Å². The van der Waals surface area contributed by atoms with Crippen molar-refractivity contribution in [2.24, 2.45) is 0 Å². The molecule has 0 spiro atoms. The third-order valence-electron chi connectivity index (χ3n) is 1.57. The molecule has 6 heteroatoms. The standard InChI is InChI=1S/C8H4Cl6/c9-6-4(7(10)11)2-1-3-5(6)8(12,13)14/h1-3,7H. The highest BCUT2D eigenvalue weighted by atomic mass is 35.6. The highest BCUT2D eigenvalue weighted by Crippen LogP contribution is 2.44. The van der Waals surface area contributed by atoms with Gasteiger partial charge in [-0.1, -0.05) is 64.6 Å². The molecule has 0 aliphatic carbocycles. The van der Waals surface area contributed by atoms with Crippen molar-refractivity contribution in [1.82, 2.24) is 0 Å². The molecule has 0 aliphatic heterocycles. The summed E-state index contributed by atoms with van der Waals surface area (Å²) in [5.74, 6) is 0. The Kier molecular flexibility index (Phi) is 4.52. The predicted molar refractivity (Wildman–Crippen MR) is 65.1 cm³/mol. The second-order valence-electron chi connectivity index (χ2n) is 2.51. The molecule has 0 N–H and O–H groups in total. The van der Waals surface area contributed by atoms with Crippen molar-refractivity contribution < 1.29 is 0 Å². The molecule has 0 aromatic heterocycles. The monoisotopic (exact) mass is 310 g/mol. The maximum atomic E-state index is 5.97. The number of rotatable bonds is 1. The Bertz CT molecular complexity index is 327. The van der Waals surface area contributed by atoms with Gasteiger partial charge in [-0.15, -0.1) is 23.2 Å². The molecule has 78 valence electrons. The molecule has 1 aromatic rings. The van der Waals surface area contributed by atoms with E-state index in [2.05, 4.69) is 0 Å². The zero-order valence-electron chi connectivity index (χ0n) is 6.58. The van der Waals surface area contributed by atoms with Crippen molar-refractivity contribution >= 4 is 69.6 Å². The Labute approximate surface area is 112 Å². The largest absolute Gasteiger partial charge is 0.217 e. The van der Waals surface area contributed by atoms with E-state index in [1.54, 1.807) is 18.2 Å². The van der Waals surface area contributed by atoms with Gasteiger partial charge in [0.05, 0.1) is 5.02 Å². The molecule has 0 fully saturated rings. The van der Waals surface area contributed by atoms with Crippen LogP contribution in [0.3, 0.4) is 0 Å². The highest BCUT2D eigenvalue weighted by Gasteiger charge is 2.27. The van der Waals surface area contributed by atoms with Crippen LogP contribution in [0.5, 0.6) is 0 Å². The Morgan fingerprint density at radius 1 is 1.07 bits per heavy atom. The Hall–Kier alpha value is 0.960. The van der Waals surface area contributed by atoms with Gasteiger partial charge < -0.3 is 0 Å². The second kappa shape index (κ2) is 4.86. The van der Waals surface area contributed by atoms with Crippen LogP contribution in [0.15, 0.2) is 18.2 Å². The normalized spacial score (nSPS) is 12.2. The molecule has 0 unspecified atom stereocenters. The van der Waals surface area contributed by atoms with Gasteiger partial charge in [-0.05, 0) is 0 Å². The van der Waals surface area contributed by atoms with Crippen LogP contribution >= 0.6 is 69.6 Å². The first-order valence-corrected chi connectivity index (χ1v) is 5.86. The average molecular weight is 313 g/mol. The van der Waals surface area contributed by atoms with E-state index < -0.39 is 8.63 Å². The summed E-state index contributed by atoms with van der Waals surface area (Å²) in [4.78, 5) is -0.741. The van der Waals surface area contributed by atoms with Crippen LogP contribution in [0.2, 0.25) is 5.02 Å². The van der Waals surface area contributed by atoms with Crippen LogP contribution < -0.4 is 0 Å². The van der Waals surface area contributed by atoms with Gasteiger partial charge >= 0.3 is 0 Å². The summed E-state index contributed by atoms with van der Waals surface area (Å²) < 4.78 is -1.57. The molecular formula is C8H4Cl6. The fourth-order valence-electron chi connectivity index (χ4n) is 0.937.